The molecule has 2 rings (SSSR count). The van der Waals surface area contributed by atoms with E-state index < -0.39 is 0 Å². The summed E-state index contributed by atoms with van der Waals surface area (Å²) in [6.45, 7) is 4.64. The van der Waals surface area contributed by atoms with Crippen LogP contribution in [-0.2, 0) is 0 Å². The van der Waals surface area contributed by atoms with Crippen molar-refractivity contribution in [2.24, 2.45) is 0 Å². The van der Waals surface area contributed by atoms with E-state index in [1.54, 1.807) is 0 Å². The number of hydrogen-bond donors (Lipinski definition) is 1. The second-order valence-electron chi connectivity index (χ2n) is 3.50. The number of carbonyl (C=O) groups excluding carboxylic acids is 1. The van der Waals surface area contributed by atoms with E-state index >= 15 is 0 Å². The van der Waals surface area contributed by atoms with Crippen molar-refractivity contribution in [1.82, 2.24) is 10.2 Å². The number of thiophene rings is 1. The Balaban J connectivity index is 2.14. The van der Waals surface area contributed by atoms with Gasteiger partial charge in [-0.05, 0) is 34.3 Å². The number of likely N-dealkylation sites (N-methyl/N-ethyl adjacent to an activating group) is 1. The van der Waals surface area contributed by atoms with Crippen molar-refractivity contribution in [3.05, 3.63) is 20.8 Å². The molecule has 0 unspecified atom stereocenters. The fourth-order valence-electron chi connectivity index (χ4n) is 1.64. The predicted molar refractivity (Wildman–Crippen MR) is 65.4 cm³/mol. The Bertz CT molecular complexity index is 362. The highest BCUT2D eigenvalue weighted by molar-refractivity contribution is 9.10. The van der Waals surface area contributed by atoms with Gasteiger partial charge in [-0.25, -0.2) is 0 Å². The highest BCUT2D eigenvalue weighted by Crippen LogP contribution is 2.25. The Hall–Kier alpha value is -0.390. The van der Waals surface area contributed by atoms with Crippen LogP contribution < -0.4 is 5.32 Å². The van der Waals surface area contributed by atoms with Crippen molar-refractivity contribution in [3.8, 4) is 0 Å². The smallest absolute Gasteiger partial charge is 0.265 e. The van der Waals surface area contributed by atoms with Crippen molar-refractivity contribution < 1.29 is 4.79 Å². The molecule has 0 saturated carbocycles. The van der Waals surface area contributed by atoms with E-state index in [4.69, 9.17) is 0 Å². The summed E-state index contributed by atoms with van der Waals surface area (Å²) < 4.78 is 0.906. The van der Waals surface area contributed by atoms with Gasteiger partial charge in [-0.1, -0.05) is 0 Å². The van der Waals surface area contributed by atoms with E-state index in [0.717, 1.165) is 29.0 Å². The molecule has 1 aliphatic rings. The van der Waals surface area contributed by atoms with Crippen LogP contribution in [0.3, 0.4) is 0 Å². The van der Waals surface area contributed by atoms with Crippen molar-refractivity contribution in [1.29, 1.82) is 0 Å². The number of nitrogens with one attached hydrogen (secondary N) is 1. The van der Waals surface area contributed by atoms with Gasteiger partial charge in [0.1, 0.15) is 4.88 Å². The van der Waals surface area contributed by atoms with E-state index in [9.17, 15) is 4.79 Å². The second-order valence-corrected chi connectivity index (χ2v) is 5.27. The zero-order chi connectivity index (χ0) is 10.8. The third-order valence-corrected chi connectivity index (χ3v) is 4.44. The maximum absolute atomic E-state index is 12.2. The minimum atomic E-state index is 0.144. The van der Waals surface area contributed by atoms with E-state index in [1.807, 2.05) is 23.3 Å². The Morgan fingerprint density at radius 1 is 1.73 bits per heavy atom. The predicted octanol–water partition coefficient (Wildman–Crippen LogP) is 1.94. The summed E-state index contributed by atoms with van der Waals surface area (Å²) in [5.41, 5.74) is 0. The van der Waals surface area contributed by atoms with Gasteiger partial charge < -0.3 is 10.2 Å². The van der Waals surface area contributed by atoms with E-state index in [-0.39, 0.29) is 5.91 Å². The average molecular weight is 289 g/mol. The molecule has 5 heteroatoms. The van der Waals surface area contributed by atoms with Gasteiger partial charge in [-0.3, -0.25) is 4.79 Å². The van der Waals surface area contributed by atoms with Crippen molar-refractivity contribution in [3.63, 3.8) is 0 Å². The first-order chi connectivity index (χ1) is 7.24. The van der Waals surface area contributed by atoms with Crippen LogP contribution in [0.25, 0.3) is 0 Å². The van der Waals surface area contributed by atoms with Crippen molar-refractivity contribution in [2.45, 2.75) is 13.0 Å². The number of rotatable bonds is 3. The Morgan fingerprint density at radius 2 is 2.47 bits per heavy atom. The van der Waals surface area contributed by atoms with Gasteiger partial charge in [-0.15, -0.1) is 11.3 Å². The molecule has 0 aromatic carbocycles. The molecule has 1 saturated heterocycles. The second kappa shape index (κ2) is 4.63. The molecule has 1 N–H and O–H groups in total. The molecular weight excluding hydrogens is 276 g/mol. The van der Waals surface area contributed by atoms with Crippen LogP contribution in [0.4, 0.5) is 0 Å². The average Bonchev–Trinajstić information content (AvgIpc) is 2.56. The first kappa shape index (κ1) is 11.1. The van der Waals surface area contributed by atoms with Crippen LogP contribution in [0.1, 0.15) is 16.6 Å². The van der Waals surface area contributed by atoms with E-state index in [2.05, 4.69) is 21.2 Å². The Kier molecular flexibility index (Phi) is 3.43. The van der Waals surface area contributed by atoms with Gasteiger partial charge in [0.25, 0.3) is 5.91 Å². The highest BCUT2D eigenvalue weighted by Gasteiger charge is 2.29. The molecule has 82 valence electrons. The molecule has 2 heterocycles. The Labute approximate surface area is 102 Å². The molecule has 1 fully saturated rings. The molecule has 1 aliphatic heterocycles. The summed E-state index contributed by atoms with van der Waals surface area (Å²) in [7, 11) is 0. The molecule has 1 amide bonds. The molecule has 0 bridgehead atoms. The maximum Gasteiger partial charge on any atom is 0.265 e. The molecule has 1 aromatic rings. The van der Waals surface area contributed by atoms with Crippen molar-refractivity contribution >= 4 is 33.2 Å². The van der Waals surface area contributed by atoms with Gasteiger partial charge in [0.15, 0.2) is 0 Å². The zero-order valence-electron chi connectivity index (χ0n) is 8.50. The van der Waals surface area contributed by atoms with Gasteiger partial charge in [0.05, 0.1) is 6.04 Å². The summed E-state index contributed by atoms with van der Waals surface area (Å²) in [5, 5.41) is 5.12. The van der Waals surface area contributed by atoms with Crippen LogP contribution in [0.2, 0.25) is 0 Å². The number of hydrogen-bond acceptors (Lipinski definition) is 3. The highest BCUT2D eigenvalue weighted by atomic mass is 79.9. The van der Waals surface area contributed by atoms with Crippen LogP contribution >= 0.6 is 27.3 Å². The molecule has 3 nitrogen and oxygen atoms in total. The molecule has 0 spiro atoms. The minimum absolute atomic E-state index is 0.144. The SMILES string of the molecule is CCN(C(=O)c1sccc1Br)C1CNC1. The number of carbonyl (C=O) groups is 1. The molecule has 0 aliphatic carbocycles. The fraction of sp³-hybridized carbons (Fsp3) is 0.500. The first-order valence-corrected chi connectivity index (χ1v) is 6.66. The van der Waals surface area contributed by atoms with Gasteiger partial charge >= 0.3 is 0 Å². The molecule has 0 atom stereocenters. The van der Waals surface area contributed by atoms with Crippen LogP contribution in [-0.4, -0.2) is 36.5 Å². The number of halogens is 1. The van der Waals surface area contributed by atoms with Gasteiger partial charge in [0, 0.05) is 24.1 Å². The van der Waals surface area contributed by atoms with Crippen LogP contribution in [0.5, 0.6) is 0 Å². The zero-order valence-corrected chi connectivity index (χ0v) is 10.9. The number of nitrogens with zero attached hydrogens (tertiary/aromatic N) is 1. The normalized spacial score (nSPS) is 16.1. The minimum Gasteiger partial charge on any atom is -0.333 e. The summed E-state index contributed by atoms with van der Waals surface area (Å²) in [5.74, 6) is 0.144. The summed E-state index contributed by atoms with van der Waals surface area (Å²) in [4.78, 5) is 14.9. The topological polar surface area (TPSA) is 32.3 Å². The largest absolute Gasteiger partial charge is 0.333 e. The molecular formula is C10H13BrN2OS. The lowest BCUT2D eigenvalue weighted by Gasteiger charge is -2.37. The lowest BCUT2D eigenvalue weighted by molar-refractivity contribution is 0.0634. The lowest BCUT2D eigenvalue weighted by atomic mass is 10.1. The maximum atomic E-state index is 12.2. The fourth-order valence-corrected chi connectivity index (χ4v) is 3.13. The summed E-state index contributed by atoms with van der Waals surface area (Å²) in [6.07, 6.45) is 0. The molecule has 1 aromatic heterocycles. The third-order valence-electron chi connectivity index (χ3n) is 2.61. The quantitative estimate of drug-likeness (QED) is 0.922. The van der Waals surface area contributed by atoms with Crippen molar-refractivity contribution in [2.75, 3.05) is 19.6 Å². The first-order valence-electron chi connectivity index (χ1n) is 4.98. The molecule has 0 radical (unpaired) electrons. The number of amides is 1. The van der Waals surface area contributed by atoms with Crippen LogP contribution in [0, 0.1) is 0 Å². The van der Waals surface area contributed by atoms with Crippen LogP contribution in [0.15, 0.2) is 15.9 Å². The standard InChI is InChI=1S/C10H13BrN2OS/c1-2-13(7-5-12-6-7)10(14)9-8(11)3-4-15-9/h3-4,7,12H,2,5-6H2,1H3. The van der Waals surface area contributed by atoms with Gasteiger partial charge in [0.2, 0.25) is 0 Å². The lowest BCUT2D eigenvalue weighted by Crippen LogP contribution is -2.58. The summed E-state index contributed by atoms with van der Waals surface area (Å²) in [6, 6.07) is 2.29. The van der Waals surface area contributed by atoms with E-state index in [0.29, 0.717) is 6.04 Å². The van der Waals surface area contributed by atoms with Gasteiger partial charge in [-0.2, -0.15) is 0 Å². The summed E-state index contributed by atoms with van der Waals surface area (Å²) >= 11 is 4.90. The van der Waals surface area contributed by atoms with E-state index in [1.165, 1.54) is 11.3 Å². The molecule has 15 heavy (non-hydrogen) atoms. The monoisotopic (exact) mass is 288 g/mol. The third kappa shape index (κ3) is 2.09. The Morgan fingerprint density at radius 3 is 2.87 bits per heavy atom.